The Balaban J connectivity index is 3.68. The van der Waals surface area contributed by atoms with Crippen LogP contribution in [0.1, 0.15) is 20.8 Å². The van der Waals surface area contributed by atoms with Gasteiger partial charge in [-0.15, -0.1) is 0 Å². The molecule has 0 heterocycles. The summed E-state index contributed by atoms with van der Waals surface area (Å²) in [6, 6.07) is 0. The summed E-state index contributed by atoms with van der Waals surface area (Å²) in [6.07, 6.45) is 0.660. The van der Waals surface area contributed by atoms with E-state index in [0.29, 0.717) is 0 Å². The predicted molar refractivity (Wildman–Crippen MR) is 42.4 cm³/mol. The topological polar surface area (TPSA) is 67.8 Å². The second-order valence-corrected chi connectivity index (χ2v) is 3.19. The molecule has 0 unspecified atom stereocenters. The Morgan fingerprint density at radius 1 is 1.58 bits per heavy atom. The molecule has 0 aliphatic carbocycles. The molecule has 0 saturated carbocycles. The van der Waals surface area contributed by atoms with Gasteiger partial charge < -0.3 is 10.1 Å². The second-order valence-electron chi connectivity index (χ2n) is 3.19. The van der Waals surface area contributed by atoms with E-state index < -0.39 is 6.09 Å². The van der Waals surface area contributed by atoms with Crippen LogP contribution in [0.15, 0.2) is 4.99 Å². The zero-order valence-electron chi connectivity index (χ0n) is 7.38. The summed E-state index contributed by atoms with van der Waals surface area (Å²) >= 11 is 0. The molecule has 0 rings (SSSR count). The van der Waals surface area contributed by atoms with Gasteiger partial charge in [0.15, 0.2) is 6.73 Å². The molecule has 1 N–H and O–H groups in total. The second kappa shape index (κ2) is 4.51. The molecule has 68 valence electrons. The van der Waals surface area contributed by atoms with Gasteiger partial charge in [-0.3, -0.25) is 0 Å². The SMILES string of the molecule is CC(C)(C)NC(=O)OCN=C=O. The standard InChI is InChI=1S/C7H12N2O3/c1-7(2,3)9-6(11)12-5-8-4-10/h5H2,1-3H3,(H,9,11). The van der Waals surface area contributed by atoms with E-state index in [1.54, 1.807) is 0 Å². The van der Waals surface area contributed by atoms with E-state index in [2.05, 4.69) is 15.0 Å². The average Bonchev–Trinajstić information content (AvgIpc) is 1.84. The average molecular weight is 172 g/mol. The van der Waals surface area contributed by atoms with Crippen molar-refractivity contribution in [3.05, 3.63) is 0 Å². The summed E-state index contributed by atoms with van der Waals surface area (Å²) in [6.45, 7) is 5.16. The predicted octanol–water partition coefficient (Wildman–Crippen LogP) is 0.804. The van der Waals surface area contributed by atoms with Gasteiger partial charge in [0.05, 0.1) is 0 Å². The van der Waals surface area contributed by atoms with Crippen molar-refractivity contribution < 1.29 is 14.3 Å². The van der Waals surface area contributed by atoms with Crippen LogP contribution in [0, 0.1) is 0 Å². The Labute approximate surface area is 70.8 Å². The van der Waals surface area contributed by atoms with E-state index in [1.165, 1.54) is 6.08 Å². The van der Waals surface area contributed by atoms with Crippen LogP contribution in [0.4, 0.5) is 4.79 Å². The van der Waals surface area contributed by atoms with Gasteiger partial charge in [0.1, 0.15) is 0 Å². The van der Waals surface area contributed by atoms with Crippen LogP contribution < -0.4 is 5.32 Å². The van der Waals surface area contributed by atoms with E-state index in [4.69, 9.17) is 0 Å². The Morgan fingerprint density at radius 2 is 2.17 bits per heavy atom. The molecule has 0 aromatic carbocycles. The number of nitrogens with zero attached hydrogens (tertiary/aromatic N) is 1. The molecule has 0 bridgehead atoms. The molecule has 5 nitrogen and oxygen atoms in total. The zero-order valence-corrected chi connectivity index (χ0v) is 7.38. The van der Waals surface area contributed by atoms with Crippen molar-refractivity contribution in [2.45, 2.75) is 26.3 Å². The van der Waals surface area contributed by atoms with Crippen molar-refractivity contribution in [2.75, 3.05) is 6.73 Å². The third kappa shape index (κ3) is 6.77. The van der Waals surface area contributed by atoms with Crippen LogP contribution in [0.25, 0.3) is 0 Å². The summed E-state index contributed by atoms with van der Waals surface area (Å²) in [4.78, 5) is 23.4. The van der Waals surface area contributed by atoms with Gasteiger partial charge in [-0.25, -0.2) is 9.59 Å². The number of ether oxygens (including phenoxy) is 1. The van der Waals surface area contributed by atoms with E-state index in [-0.39, 0.29) is 12.3 Å². The van der Waals surface area contributed by atoms with Gasteiger partial charge in [0.25, 0.3) is 0 Å². The van der Waals surface area contributed by atoms with Gasteiger partial charge >= 0.3 is 6.09 Å². The normalized spacial score (nSPS) is 9.92. The highest BCUT2D eigenvalue weighted by molar-refractivity contribution is 5.68. The fourth-order valence-electron chi connectivity index (χ4n) is 0.460. The maximum absolute atomic E-state index is 10.8. The lowest BCUT2D eigenvalue weighted by atomic mass is 10.1. The van der Waals surface area contributed by atoms with Crippen molar-refractivity contribution in [2.24, 2.45) is 4.99 Å². The third-order valence-corrected chi connectivity index (χ3v) is 0.802. The molecular formula is C7H12N2O3. The smallest absolute Gasteiger partial charge is 0.409 e. The molecule has 0 aliphatic heterocycles. The maximum atomic E-state index is 10.8. The van der Waals surface area contributed by atoms with Crippen LogP contribution in [-0.2, 0) is 9.53 Å². The van der Waals surface area contributed by atoms with Gasteiger partial charge in [0.2, 0.25) is 6.08 Å². The zero-order chi connectivity index (χ0) is 9.61. The summed E-state index contributed by atoms with van der Waals surface area (Å²) in [5.41, 5.74) is -0.345. The first-order valence-electron chi connectivity index (χ1n) is 3.44. The number of hydrogen-bond donors (Lipinski definition) is 1. The largest absolute Gasteiger partial charge is 0.425 e. The Bertz CT molecular complexity index is 201. The summed E-state index contributed by atoms with van der Waals surface area (Å²) in [7, 11) is 0. The minimum atomic E-state index is -0.596. The molecule has 0 fully saturated rings. The van der Waals surface area contributed by atoms with Crippen LogP contribution in [-0.4, -0.2) is 24.4 Å². The highest BCUT2D eigenvalue weighted by Gasteiger charge is 2.13. The Kier molecular flexibility index (Phi) is 4.00. The molecule has 0 saturated heterocycles. The fraction of sp³-hybridized carbons (Fsp3) is 0.714. The number of isocyanates is 1. The van der Waals surface area contributed by atoms with Gasteiger partial charge in [0, 0.05) is 5.54 Å². The number of amides is 1. The lowest BCUT2D eigenvalue weighted by Crippen LogP contribution is -2.40. The summed E-state index contributed by atoms with van der Waals surface area (Å²) < 4.78 is 4.48. The van der Waals surface area contributed by atoms with E-state index in [1.807, 2.05) is 20.8 Å². The molecule has 0 spiro atoms. The lowest BCUT2D eigenvalue weighted by Gasteiger charge is -2.19. The van der Waals surface area contributed by atoms with Crippen molar-refractivity contribution in [1.82, 2.24) is 5.32 Å². The lowest BCUT2D eigenvalue weighted by molar-refractivity contribution is 0.141. The molecule has 12 heavy (non-hydrogen) atoms. The molecule has 0 radical (unpaired) electrons. The van der Waals surface area contributed by atoms with Crippen molar-refractivity contribution in [3.63, 3.8) is 0 Å². The molecule has 0 atom stereocenters. The number of aliphatic imine (C=N–C) groups is 1. The van der Waals surface area contributed by atoms with Crippen molar-refractivity contribution in [1.29, 1.82) is 0 Å². The minimum absolute atomic E-state index is 0.286. The molecule has 0 aliphatic rings. The number of alkyl carbamates (subject to hydrolysis) is 1. The van der Waals surface area contributed by atoms with E-state index >= 15 is 0 Å². The summed E-state index contributed by atoms with van der Waals surface area (Å²) in [5, 5.41) is 2.53. The van der Waals surface area contributed by atoms with Crippen LogP contribution in [0.5, 0.6) is 0 Å². The van der Waals surface area contributed by atoms with Crippen LogP contribution >= 0.6 is 0 Å². The molecule has 0 aromatic heterocycles. The minimum Gasteiger partial charge on any atom is -0.425 e. The van der Waals surface area contributed by atoms with Crippen LogP contribution in [0.3, 0.4) is 0 Å². The van der Waals surface area contributed by atoms with Gasteiger partial charge in [-0.2, -0.15) is 4.99 Å². The number of rotatable bonds is 2. The molecule has 0 aromatic rings. The highest BCUT2D eigenvalue weighted by Crippen LogP contribution is 1.98. The Hall–Kier alpha value is -1.35. The number of nitrogens with one attached hydrogen (secondary N) is 1. The first kappa shape index (κ1) is 10.7. The van der Waals surface area contributed by atoms with E-state index in [9.17, 15) is 9.59 Å². The molecule has 1 amide bonds. The summed E-state index contributed by atoms with van der Waals surface area (Å²) in [5.74, 6) is 0. The van der Waals surface area contributed by atoms with Gasteiger partial charge in [-0.05, 0) is 20.8 Å². The number of hydrogen-bond acceptors (Lipinski definition) is 4. The van der Waals surface area contributed by atoms with Crippen molar-refractivity contribution in [3.8, 4) is 0 Å². The number of carbonyl (C=O) groups is 1. The quantitative estimate of drug-likeness (QED) is 0.495. The third-order valence-electron chi connectivity index (χ3n) is 0.802. The van der Waals surface area contributed by atoms with Crippen molar-refractivity contribution >= 4 is 12.2 Å². The molecular weight excluding hydrogens is 160 g/mol. The van der Waals surface area contributed by atoms with Gasteiger partial charge in [-0.1, -0.05) is 0 Å². The number of carbonyl (C=O) groups excluding carboxylic acids is 2. The Morgan fingerprint density at radius 3 is 2.58 bits per heavy atom. The highest BCUT2D eigenvalue weighted by atomic mass is 16.6. The monoisotopic (exact) mass is 172 g/mol. The van der Waals surface area contributed by atoms with Crippen LogP contribution in [0.2, 0.25) is 0 Å². The fourth-order valence-corrected chi connectivity index (χ4v) is 0.460. The maximum Gasteiger partial charge on any atom is 0.409 e. The van der Waals surface area contributed by atoms with E-state index in [0.717, 1.165) is 0 Å². The first-order valence-corrected chi connectivity index (χ1v) is 3.44. The first-order chi connectivity index (χ1) is 5.45. The molecule has 5 heteroatoms.